The maximum atomic E-state index is 13.0. The minimum atomic E-state index is -1.38. The summed E-state index contributed by atoms with van der Waals surface area (Å²) in [6.07, 6.45) is 0.218. The van der Waals surface area contributed by atoms with Gasteiger partial charge in [0.2, 0.25) is 0 Å². The Bertz CT molecular complexity index is 515. The lowest BCUT2D eigenvalue weighted by molar-refractivity contribution is -0.144. The minimum absolute atomic E-state index is 0.0598. The van der Waals surface area contributed by atoms with Crippen LogP contribution in [0.4, 0.5) is 9.18 Å². The highest BCUT2D eigenvalue weighted by atomic mass is 19.1. The summed E-state index contributed by atoms with van der Waals surface area (Å²) in [5.74, 6) is -1.52. The molecule has 108 valence electrons. The van der Waals surface area contributed by atoms with Crippen LogP contribution in [0.5, 0.6) is 0 Å². The number of amides is 2. The van der Waals surface area contributed by atoms with Crippen molar-refractivity contribution in [3.05, 3.63) is 35.6 Å². The molecule has 1 saturated heterocycles. The smallest absolute Gasteiger partial charge is 0.332 e. The molecule has 6 nitrogen and oxygen atoms in total. The molecule has 20 heavy (non-hydrogen) atoms. The summed E-state index contributed by atoms with van der Waals surface area (Å²) in [5.41, 5.74) is -0.793. The molecule has 1 aliphatic heterocycles. The summed E-state index contributed by atoms with van der Waals surface area (Å²) in [7, 11) is 0. The molecule has 3 N–H and O–H groups in total. The Kier molecular flexibility index (Phi) is 4.19. The van der Waals surface area contributed by atoms with Gasteiger partial charge in [0.05, 0.1) is 6.61 Å². The fraction of sp³-hybridized carbons (Fsp3) is 0.385. The van der Waals surface area contributed by atoms with E-state index in [1.54, 1.807) is 6.07 Å². The van der Waals surface area contributed by atoms with Gasteiger partial charge in [-0.25, -0.2) is 14.0 Å². The summed E-state index contributed by atoms with van der Waals surface area (Å²) >= 11 is 0. The molecule has 0 saturated carbocycles. The lowest BCUT2D eigenvalue weighted by Gasteiger charge is -2.23. The molecule has 0 aliphatic carbocycles. The molecular weight excluding hydrogens is 267 g/mol. The monoisotopic (exact) mass is 282 g/mol. The Morgan fingerprint density at radius 1 is 1.45 bits per heavy atom. The molecule has 1 aromatic rings. The van der Waals surface area contributed by atoms with E-state index in [0.29, 0.717) is 5.56 Å². The summed E-state index contributed by atoms with van der Waals surface area (Å²) in [6.45, 7) is 0.340. The van der Waals surface area contributed by atoms with Gasteiger partial charge in [0.15, 0.2) is 5.54 Å². The SMILES string of the molecule is O=C(NCc1cccc(F)c1)NC1(C(=O)O)CCOC1. The lowest BCUT2D eigenvalue weighted by atomic mass is 9.99. The largest absolute Gasteiger partial charge is 0.479 e. The highest BCUT2D eigenvalue weighted by molar-refractivity contribution is 5.86. The zero-order valence-corrected chi connectivity index (χ0v) is 10.7. The van der Waals surface area contributed by atoms with Gasteiger partial charge in [0.25, 0.3) is 0 Å². The second-order valence-electron chi connectivity index (χ2n) is 4.63. The van der Waals surface area contributed by atoms with Gasteiger partial charge >= 0.3 is 12.0 Å². The Morgan fingerprint density at radius 2 is 2.25 bits per heavy atom. The molecule has 1 heterocycles. The number of carboxylic acid groups (broad SMARTS) is 1. The van der Waals surface area contributed by atoms with Gasteiger partial charge in [0.1, 0.15) is 5.82 Å². The van der Waals surface area contributed by atoms with Gasteiger partial charge in [-0.15, -0.1) is 0 Å². The van der Waals surface area contributed by atoms with Crippen LogP contribution >= 0.6 is 0 Å². The molecule has 0 spiro atoms. The molecule has 2 rings (SSSR count). The number of aliphatic carboxylic acids is 1. The number of nitrogens with one attached hydrogen (secondary N) is 2. The first-order valence-electron chi connectivity index (χ1n) is 6.13. The van der Waals surface area contributed by atoms with Gasteiger partial charge in [-0.1, -0.05) is 12.1 Å². The van der Waals surface area contributed by atoms with Crippen molar-refractivity contribution in [3.8, 4) is 0 Å². The molecule has 7 heteroatoms. The summed E-state index contributed by atoms with van der Waals surface area (Å²) < 4.78 is 18.0. The third kappa shape index (κ3) is 3.24. The van der Waals surface area contributed by atoms with Crippen molar-refractivity contribution in [1.82, 2.24) is 10.6 Å². The number of urea groups is 1. The molecule has 0 aromatic heterocycles. The van der Waals surface area contributed by atoms with E-state index in [2.05, 4.69) is 10.6 Å². The third-order valence-electron chi connectivity index (χ3n) is 3.13. The van der Waals surface area contributed by atoms with Crippen molar-refractivity contribution >= 4 is 12.0 Å². The van der Waals surface area contributed by atoms with Crippen molar-refractivity contribution in [2.75, 3.05) is 13.2 Å². The van der Waals surface area contributed by atoms with Crippen LogP contribution in [-0.4, -0.2) is 35.9 Å². The zero-order valence-electron chi connectivity index (χ0n) is 10.7. The number of carboxylic acids is 1. The topological polar surface area (TPSA) is 87.7 Å². The summed E-state index contributed by atoms with van der Waals surface area (Å²) in [5, 5.41) is 14.1. The van der Waals surface area contributed by atoms with Crippen molar-refractivity contribution in [1.29, 1.82) is 0 Å². The quantitative estimate of drug-likeness (QED) is 0.764. The van der Waals surface area contributed by atoms with Crippen LogP contribution in [0.15, 0.2) is 24.3 Å². The third-order valence-corrected chi connectivity index (χ3v) is 3.13. The van der Waals surface area contributed by atoms with Gasteiger partial charge in [-0.3, -0.25) is 0 Å². The van der Waals surface area contributed by atoms with Gasteiger partial charge in [0, 0.05) is 19.6 Å². The molecule has 1 aromatic carbocycles. The first-order valence-corrected chi connectivity index (χ1v) is 6.13. The average Bonchev–Trinajstić information content (AvgIpc) is 2.86. The van der Waals surface area contributed by atoms with Crippen LogP contribution in [-0.2, 0) is 16.1 Å². The second kappa shape index (κ2) is 5.87. The van der Waals surface area contributed by atoms with Crippen LogP contribution in [0.25, 0.3) is 0 Å². The van der Waals surface area contributed by atoms with E-state index in [1.165, 1.54) is 18.2 Å². The zero-order chi connectivity index (χ0) is 14.6. The lowest BCUT2D eigenvalue weighted by Crippen LogP contribution is -2.57. The van der Waals surface area contributed by atoms with E-state index >= 15 is 0 Å². The first kappa shape index (κ1) is 14.3. The minimum Gasteiger partial charge on any atom is -0.479 e. The van der Waals surface area contributed by atoms with Gasteiger partial charge < -0.3 is 20.5 Å². The molecule has 0 bridgehead atoms. The molecular formula is C13H15FN2O4. The Hall–Kier alpha value is -2.15. The molecule has 0 radical (unpaired) electrons. The Balaban J connectivity index is 1.90. The maximum Gasteiger partial charge on any atom is 0.332 e. The second-order valence-corrected chi connectivity index (χ2v) is 4.63. The molecule has 1 atom stereocenters. The van der Waals surface area contributed by atoms with E-state index in [4.69, 9.17) is 9.84 Å². The van der Waals surface area contributed by atoms with Crippen LogP contribution < -0.4 is 10.6 Å². The predicted molar refractivity (Wildman–Crippen MR) is 67.6 cm³/mol. The number of ether oxygens (including phenoxy) is 1. The van der Waals surface area contributed by atoms with Crippen LogP contribution in [0.1, 0.15) is 12.0 Å². The van der Waals surface area contributed by atoms with E-state index < -0.39 is 23.4 Å². The van der Waals surface area contributed by atoms with Crippen LogP contribution in [0.3, 0.4) is 0 Å². The van der Waals surface area contributed by atoms with E-state index in [0.717, 1.165) is 0 Å². The van der Waals surface area contributed by atoms with E-state index in [1.807, 2.05) is 0 Å². The first-order chi connectivity index (χ1) is 9.52. The summed E-state index contributed by atoms with van der Waals surface area (Å²) in [6, 6.07) is 5.18. The molecule has 2 amide bonds. The van der Waals surface area contributed by atoms with Crippen molar-refractivity contribution in [2.45, 2.75) is 18.5 Å². The number of carbonyl (C=O) groups is 2. The molecule has 1 fully saturated rings. The number of halogens is 1. The van der Waals surface area contributed by atoms with Gasteiger partial charge in [-0.05, 0) is 17.7 Å². The fourth-order valence-corrected chi connectivity index (χ4v) is 1.98. The Morgan fingerprint density at radius 3 is 2.85 bits per heavy atom. The van der Waals surface area contributed by atoms with E-state index in [-0.39, 0.29) is 26.2 Å². The number of hydrogen-bond acceptors (Lipinski definition) is 3. The number of benzene rings is 1. The van der Waals surface area contributed by atoms with Crippen LogP contribution in [0.2, 0.25) is 0 Å². The van der Waals surface area contributed by atoms with Crippen molar-refractivity contribution < 1.29 is 23.8 Å². The number of rotatable bonds is 4. The van der Waals surface area contributed by atoms with E-state index in [9.17, 15) is 14.0 Å². The molecule has 1 aliphatic rings. The summed E-state index contributed by atoms with van der Waals surface area (Å²) in [4.78, 5) is 22.9. The molecule has 1 unspecified atom stereocenters. The maximum absolute atomic E-state index is 13.0. The van der Waals surface area contributed by atoms with Crippen LogP contribution in [0, 0.1) is 5.82 Å². The van der Waals surface area contributed by atoms with Crippen molar-refractivity contribution in [3.63, 3.8) is 0 Å². The highest BCUT2D eigenvalue weighted by Gasteiger charge is 2.43. The average molecular weight is 282 g/mol. The number of hydrogen-bond donors (Lipinski definition) is 3. The highest BCUT2D eigenvalue weighted by Crippen LogP contribution is 2.18. The fourth-order valence-electron chi connectivity index (χ4n) is 1.98. The van der Waals surface area contributed by atoms with Crippen molar-refractivity contribution in [2.24, 2.45) is 0 Å². The number of carbonyl (C=O) groups excluding carboxylic acids is 1. The Labute approximate surface area is 114 Å². The van der Waals surface area contributed by atoms with Gasteiger partial charge in [-0.2, -0.15) is 0 Å². The standard InChI is InChI=1S/C13H15FN2O4/c14-10-3-1-2-9(6-10)7-15-12(19)16-13(11(17)18)4-5-20-8-13/h1-3,6H,4-5,7-8H2,(H,17,18)(H2,15,16,19). The normalized spacial score (nSPS) is 21.4. The predicted octanol–water partition coefficient (Wildman–Crippen LogP) is 0.869.